The predicted octanol–water partition coefficient (Wildman–Crippen LogP) is 5.53. The second-order valence-electron chi connectivity index (χ2n) is 6.65. The van der Waals surface area contributed by atoms with Crippen LogP contribution in [0.4, 0.5) is 5.69 Å². The summed E-state index contributed by atoms with van der Waals surface area (Å²) >= 11 is 13.8. The Morgan fingerprint density at radius 2 is 1.93 bits per heavy atom. The molecule has 1 saturated heterocycles. The van der Waals surface area contributed by atoms with Crippen LogP contribution in [0.1, 0.15) is 34.1 Å². The number of carbonyl (C=O) groups is 1. The van der Waals surface area contributed by atoms with Gasteiger partial charge in [0.1, 0.15) is 0 Å². The van der Waals surface area contributed by atoms with Crippen molar-refractivity contribution in [3.05, 3.63) is 67.1 Å². The lowest BCUT2D eigenvalue weighted by molar-refractivity contribution is -0.384. The number of benzene rings is 2. The number of aromatic nitrogens is 1. The zero-order valence-electron chi connectivity index (χ0n) is 14.6. The monoisotopic (exact) mass is 435 g/mol. The number of piperidine rings is 1. The summed E-state index contributed by atoms with van der Waals surface area (Å²) in [6.07, 6.45) is 1.62. The van der Waals surface area contributed by atoms with E-state index in [0.29, 0.717) is 29.6 Å². The molecule has 6 nitrogen and oxygen atoms in total. The van der Waals surface area contributed by atoms with Gasteiger partial charge in [0.2, 0.25) is 0 Å². The van der Waals surface area contributed by atoms with Crippen molar-refractivity contribution in [2.45, 2.75) is 18.8 Å². The number of non-ortho nitro benzene ring substituents is 1. The third kappa shape index (κ3) is 3.70. The number of carbonyl (C=O) groups excluding carboxylic acids is 1. The van der Waals surface area contributed by atoms with Crippen molar-refractivity contribution in [3.63, 3.8) is 0 Å². The minimum Gasteiger partial charge on any atom is -0.339 e. The van der Waals surface area contributed by atoms with Gasteiger partial charge >= 0.3 is 0 Å². The molecule has 0 unspecified atom stereocenters. The Morgan fingerprint density at radius 3 is 2.61 bits per heavy atom. The van der Waals surface area contributed by atoms with Gasteiger partial charge in [-0.3, -0.25) is 14.9 Å². The molecule has 0 atom stereocenters. The zero-order chi connectivity index (χ0) is 19.8. The fourth-order valence-electron chi connectivity index (χ4n) is 3.38. The summed E-state index contributed by atoms with van der Waals surface area (Å²) in [5, 5.41) is 12.7. The molecule has 1 aromatic heterocycles. The molecular formula is C19H15Cl2N3O3S. The smallest absolute Gasteiger partial charge is 0.270 e. The molecule has 0 N–H and O–H groups in total. The number of hydrogen-bond donors (Lipinski definition) is 0. The standard InChI is InChI=1S/C19H15Cl2N3O3S/c20-12-1-4-17-16(9-12)22-18(28-17)11-5-7-23(8-6-11)19(25)14-3-2-13(24(26)27)10-15(14)21/h1-4,9-11H,5-8H2. The summed E-state index contributed by atoms with van der Waals surface area (Å²) in [5.74, 6) is 0.0991. The van der Waals surface area contributed by atoms with Crippen LogP contribution < -0.4 is 0 Å². The van der Waals surface area contributed by atoms with E-state index in [9.17, 15) is 14.9 Å². The van der Waals surface area contributed by atoms with E-state index in [1.54, 1.807) is 16.2 Å². The molecule has 3 aromatic rings. The minimum absolute atomic E-state index is 0.101. The summed E-state index contributed by atoms with van der Waals surface area (Å²) in [6, 6.07) is 9.65. The summed E-state index contributed by atoms with van der Waals surface area (Å²) < 4.78 is 1.11. The molecule has 2 aromatic carbocycles. The lowest BCUT2D eigenvalue weighted by Crippen LogP contribution is -2.38. The maximum absolute atomic E-state index is 12.8. The molecule has 0 spiro atoms. The number of likely N-dealkylation sites (tertiary alicyclic amines) is 1. The van der Waals surface area contributed by atoms with Gasteiger partial charge < -0.3 is 4.90 Å². The lowest BCUT2D eigenvalue weighted by Gasteiger charge is -2.31. The second-order valence-corrected chi connectivity index (χ2v) is 8.56. The first-order valence-corrected chi connectivity index (χ1v) is 10.3. The quantitative estimate of drug-likeness (QED) is 0.400. The van der Waals surface area contributed by atoms with Crippen molar-refractivity contribution in [2.24, 2.45) is 0 Å². The number of rotatable bonds is 3. The summed E-state index contributed by atoms with van der Waals surface area (Å²) in [6.45, 7) is 1.18. The average Bonchev–Trinajstić information content (AvgIpc) is 3.10. The van der Waals surface area contributed by atoms with Gasteiger partial charge in [-0.15, -0.1) is 11.3 Å². The molecule has 1 amide bonds. The molecule has 28 heavy (non-hydrogen) atoms. The molecule has 0 saturated carbocycles. The van der Waals surface area contributed by atoms with Crippen molar-refractivity contribution in [1.29, 1.82) is 0 Å². The lowest BCUT2D eigenvalue weighted by atomic mass is 9.97. The normalized spacial score (nSPS) is 15.1. The Labute approximate surface area is 174 Å². The SMILES string of the molecule is O=C(c1ccc([N+](=O)[O-])cc1Cl)N1CCC(c2nc3cc(Cl)ccc3s2)CC1. The number of hydrogen-bond acceptors (Lipinski definition) is 5. The number of amides is 1. The first-order chi connectivity index (χ1) is 13.4. The first-order valence-electron chi connectivity index (χ1n) is 8.71. The van der Waals surface area contributed by atoms with Gasteiger partial charge in [0.25, 0.3) is 11.6 Å². The molecule has 2 heterocycles. The Hall–Kier alpha value is -2.22. The van der Waals surface area contributed by atoms with Crippen molar-refractivity contribution in [3.8, 4) is 0 Å². The molecule has 1 aliphatic rings. The average molecular weight is 436 g/mol. The third-order valence-electron chi connectivity index (χ3n) is 4.89. The van der Waals surface area contributed by atoms with Gasteiger partial charge in [-0.25, -0.2) is 4.98 Å². The maximum Gasteiger partial charge on any atom is 0.270 e. The van der Waals surface area contributed by atoms with Crippen LogP contribution in [0.25, 0.3) is 10.2 Å². The number of halogens is 2. The van der Waals surface area contributed by atoms with Gasteiger partial charge in [-0.1, -0.05) is 23.2 Å². The van der Waals surface area contributed by atoms with Crippen LogP contribution in [0.2, 0.25) is 10.0 Å². The molecule has 144 valence electrons. The van der Waals surface area contributed by atoms with Gasteiger partial charge in [0.15, 0.2) is 0 Å². The molecule has 0 aliphatic carbocycles. The van der Waals surface area contributed by atoms with Gasteiger partial charge in [-0.05, 0) is 37.1 Å². The highest BCUT2D eigenvalue weighted by Crippen LogP contribution is 2.35. The Kier molecular flexibility index (Phi) is 5.23. The number of nitro benzene ring substituents is 1. The summed E-state index contributed by atoms with van der Waals surface area (Å²) in [5.41, 5.74) is 1.07. The maximum atomic E-state index is 12.8. The van der Waals surface area contributed by atoms with Gasteiger partial charge in [0.05, 0.1) is 30.7 Å². The topological polar surface area (TPSA) is 76.3 Å². The number of nitrogens with zero attached hydrogens (tertiary/aromatic N) is 3. The van der Waals surface area contributed by atoms with E-state index in [1.807, 2.05) is 18.2 Å². The van der Waals surface area contributed by atoms with E-state index in [0.717, 1.165) is 28.1 Å². The predicted molar refractivity (Wildman–Crippen MR) is 111 cm³/mol. The number of nitro groups is 1. The van der Waals surface area contributed by atoms with Gasteiger partial charge in [0, 0.05) is 36.2 Å². The molecular weight excluding hydrogens is 421 g/mol. The van der Waals surface area contributed by atoms with Crippen LogP contribution in [-0.2, 0) is 0 Å². The van der Waals surface area contributed by atoms with Crippen LogP contribution >= 0.6 is 34.5 Å². The number of thiazole rings is 1. The van der Waals surface area contributed by atoms with Gasteiger partial charge in [-0.2, -0.15) is 0 Å². The Bertz CT molecular complexity index is 1080. The van der Waals surface area contributed by atoms with Crippen molar-refractivity contribution in [1.82, 2.24) is 9.88 Å². The largest absolute Gasteiger partial charge is 0.339 e. The van der Waals surface area contributed by atoms with Crippen LogP contribution in [0.5, 0.6) is 0 Å². The van der Waals surface area contributed by atoms with Crippen LogP contribution in [0.15, 0.2) is 36.4 Å². The second kappa shape index (κ2) is 7.66. The van der Waals surface area contributed by atoms with E-state index < -0.39 is 4.92 Å². The fourth-order valence-corrected chi connectivity index (χ4v) is 4.92. The number of fused-ring (bicyclic) bond motifs is 1. The van der Waals surface area contributed by atoms with Crippen LogP contribution in [-0.4, -0.2) is 33.8 Å². The third-order valence-corrected chi connectivity index (χ3v) is 6.64. The molecule has 9 heteroatoms. The van der Waals surface area contributed by atoms with Crippen LogP contribution in [0.3, 0.4) is 0 Å². The van der Waals surface area contributed by atoms with Crippen molar-refractivity contribution in [2.75, 3.05) is 13.1 Å². The molecule has 0 radical (unpaired) electrons. The van der Waals surface area contributed by atoms with E-state index >= 15 is 0 Å². The van der Waals surface area contributed by atoms with E-state index in [4.69, 9.17) is 28.2 Å². The van der Waals surface area contributed by atoms with E-state index in [-0.39, 0.29) is 16.6 Å². The highest BCUT2D eigenvalue weighted by atomic mass is 35.5. The van der Waals surface area contributed by atoms with E-state index in [1.165, 1.54) is 18.2 Å². The minimum atomic E-state index is -0.531. The molecule has 0 bridgehead atoms. The molecule has 1 aliphatic heterocycles. The fraction of sp³-hybridized carbons (Fsp3) is 0.263. The zero-order valence-corrected chi connectivity index (χ0v) is 16.9. The van der Waals surface area contributed by atoms with Crippen LogP contribution in [0, 0.1) is 10.1 Å². The highest BCUT2D eigenvalue weighted by molar-refractivity contribution is 7.18. The Balaban J connectivity index is 1.46. The van der Waals surface area contributed by atoms with Crippen molar-refractivity contribution < 1.29 is 9.72 Å². The molecule has 1 fully saturated rings. The summed E-state index contributed by atoms with van der Waals surface area (Å²) in [4.78, 5) is 29.5. The Morgan fingerprint density at radius 1 is 1.18 bits per heavy atom. The van der Waals surface area contributed by atoms with E-state index in [2.05, 4.69) is 0 Å². The van der Waals surface area contributed by atoms with Crippen molar-refractivity contribution >= 4 is 56.3 Å². The first kappa shape index (κ1) is 19.1. The molecule has 4 rings (SSSR count). The highest BCUT2D eigenvalue weighted by Gasteiger charge is 2.28. The summed E-state index contributed by atoms with van der Waals surface area (Å²) in [7, 11) is 0.